The smallest absolute Gasteiger partial charge is 0.328 e. The maximum Gasteiger partial charge on any atom is 0.332 e. The summed E-state index contributed by atoms with van der Waals surface area (Å²) in [4.78, 5) is 42.4. The predicted molar refractivity (Wildman–Crippen MR) is 97.1 cm³/mol. The fourth-order valence-corrected chi connectivity index (χ4v) is 3.17. The Balaban J connectivity index is 1.98. The molecule has 2 aromatic heterocycles. The lowest BCUT2D eigenvalue weighted by Crippen LogP contribution is -2.42. The summed E-state index contributed by atoms with van der Waals surface area (Å²) < 4.78 is 3.72. The molecule has 3 rings (SSSR count). The molecule has 0 atom stereocenters. The van der Waals surface area contributed by atoms with Crippen LogP contribution in [0.3, 0.4) is 0 Å². The zero-order valence-corrected chi connectivity index (χ0v) is 14.8. The van der Waals surface area contributed by atoms with Gasteiger partial charge in [-0.3, -0.25) is 14.2 Å². The van der Waals surface area contributed by atoms with Gasteiger partial charge in [-0.25, -0.2) is 14.3 Å². The number of amides is 1. The Bertz CT molecular complexity index is 1080. The Labute approximate surface area is 147 Å². The van der Waals surface area contributed by atoms with Gasteiger partial charge in [0, 0.05) is 19.0 Å². The van der Waals surface area contributed by atoms with Crippen molar-refractivity contribution in [3.63, 3.8) is 0 Å². The molecule has 8 nitrogen and oxygen atoms in total. The van der Waals surface area contributed by atoms with Crippen LogP contribution in [0.25, 0.3) is 11.2 Å². The van der Waals surface area contributed by atoms with Crippen LogP contribution in [0.2, 0.25) is 0 Å². The lowest BCUT2D eigenvalue weighted by atomic mass is 10.3. The first-order chi connectivity index (χ1) is 11.9. The number of fused-ring (bicyclic) bond motifs is 1. The minimum Gasteiger partial charge on any atom is -0.328 e. The molecule has 0 aliphatic rings. The average molecular weight is 359 g/mol. The molecule has 25 heavy (non-hydrogen) atoms. The maximum atomic E-state index is 12.6. The summed E-state index contributed by atoms with van der Waals surface area (Å²) in [6.07, 6.45) is 3.37. The highest BCUT2D eigenvalue weighted by Gasteiger charge is 2.17. The lowest BCUT2D eigenvalue weighted by molar-refractivity contribution is -0.116. The maximum absolute atomic E-state index is 12.6. The molecular weight excluding hydrogens is 342 g/mol. The van der Waals surface area contributed by atoms with E-state index in [4.69, 9.17) is 0 Å². The van der Waals surface area contributed by atoms with E-state index in [0.717, 1.165) is 9.46 Å². The summed E-state index contributed by atoms with van der Waals surface area (Å²) in [5, 5.41) is 2.75. The van der Waals surface area contributed by atoms with Crippen molar-refractivity contribution < 1.29 is 4.79 Å². The zero-order chi connectivity index (χ0) is 18.1. The first-order valence-corrected chi connectivity index (χ1v) is 8.70. The standard InChI is InChI=1S/C16H17N5O3S/c1-19-9-17-14-13(19)15(23)21(16(24)20(14)2)8-12(22)18-10-6-4-5-7-11(10)25-3/h4-7,9H,8H2,1-3H3,(H,18,22). The second-order valence-electron chi connectivity index (χ2n) is 5.51. The van der Waals surface area contributed by atoms with E-state index in [1.165, 1.54) is 34.3 Å². The van der Waals surface area contributed by atoms with Crippen LogP contribution in [0.5, 0.6) is 0 Å². The van der Waals surface area contributed by atoms with Crippen LogP contribution in [-0.2, 0) is 25.4 Å². The first kappa shape index (κ1) is 17.0. The van der Waals surface area contributed by atoms with Crippen LogP contribution in [0.4, 0.5) is 5.69 Å². The van der Waals surface area contributed by atoms with Crippen molar-refractivity contribution in [3.8, 4) is 0 Å². The van der Waals surface area contributed by atoms with Gasteiger partial charge in [-0.05, 0) is 18.4 Å². The van der Waals surface area contributed by atoms with E-state index in [1.807, 2.05) is 24.5 Å². The van der Waals surface area contributed by atoms with E-state index in [-0.39, 0.29) is 12.1 Å². The van der Waals surface area contributed by atoms with Crippen LogP contribution in [0.1, 0.15) is 0 Å². The van der Waals surface area contributed by atoms with Crippen molar-refractivity contribution in [2.75, 3.05) is 11.6 Å². The number of imidazole rings is 1. The number of nitrogens with zero attached hydrogens (tertiary/aromatic N) is 4. The van der Waals surface area contributed by atoms with Crippen LogP contribution < -0.4 is 16.6 Å². The third kappa shape index (κ3) is 2.98. The molecule has 1 N–H and O–H groups in total. The van der Waals surface area contributed by atoms with E-state index in [9.17, 15) is 14.4 Å². The zero-order valence-electron chi connectivity index (χ0n) is 14.0. The van der Waals surface area contributed by atoms with Crippen LogP contribution in [-0.4, -0.2) is 30.8 Å². The van der Waals surface area contributed by atoms with Gasteiger partial charge in [0.25, 0.3) is 5.56 Å². The summed E-state index contributed by atoms with van der Waals surface area (Å²) >= 11 is 1.50. The number of benzene rings is 1. The Morgan fingerprint density at radius 1 is 1.24 bits per heavy atom. The van der Waals surface area contributed by atoms with Crippen LogP contribution in [0.15, 0.2) is 45.1 Å². The number of carbonyl (C=O) groups excluding carboxylic acids is 1. The molecule has 0 spiro atoms. The summed E-state index contributed by atoms with van der Waals surface area (Å²) in [6.45, 7) is -0.366. The Morgan fingerprint density at radius 2 is 1.96 bits per heavy atom. The molecule has 0 saturated carbocycles. The molecule has 0 aliphatic carbocycles. The van der Waals surface area contributed by atoms with Crippen molar-refractivity contribution in [3.05, 3.63) is 51.4 Å². The molecule has 1 amide bonds. The molecule has 0 radical (unpaired) electrons. The van der Waals surface area contributed by atoms with Crippen molar-refractivity contribution in [1.82, 2.24) is 18.7 Å². The number of carbonyl (C=O) groups is 1. The van der Waals surface area contributed by atoms with Crippen LogP contribution >= 0.6 is 11.8 Å². The van der Waals surface area contributed by atoms with Gasteiger partial charge in [0.15, 0.2) is 11.2 Å². The van der Waals surface area contributed by atoms with Gasteiger partial charge < -0.3 is 9.88 Å². The molecule has 0 bridgehead atoms. The average Bonchev–Trinajstić information content (AvgIpc) is 2.99. The van der Waals surface area contributed by atoms with Crippen molar-refractivity contribution >= 4 is 34.5 Å². The van der Waals surface area contributed by atoms with Gasteiger partial charge >= 0.3 is 5.69 Å². The number of aromatic nitrogens is 4. The minimum atomic E-state index is -0.579. The van der Waals surface area contributed by atoms with E-state index in [0.29, 0.717) is 11.3 Å². The lowest BCUT2D eigenvalue weighted by Gasteiger charge is -2.11. The Morgan fingerprint density at radius 3 is 2.68 bits per heavy atom. The fourth-order valence-electron chi connectivity index (χ4n) is 2.62. The molecular formula is C16H17N5O3S. The number of hydrogen-bond acceptors (Lipinski definition) is 5. The second kappa shape index (κ2) is 6.60. The quantitative estimate of drug-likeness (QED) is 0.696. The van der Waals surface area contributed by atoms with Gasteiger partial charge in [-0.2, -0.15) is 0 Å². The van der Waals surface area contributed by atoms with Gasteiger partial charge in [0.2, 0.25) is 5.91 Å². The molecule has 1 aromatic carbocycles. The minimum absolute atomic E-state index is 0.277. The number of para-hydroxylation sites is 1. The second-order valence-corrected chi connectivity index (χ2v) is 6.36. The van der Waals surface area contributed by atoms with E-state index in [1.54, 1.807) is 13.1 Å². The van der Waals surface area contributed by atoms with E-state index < -0.39 is 17.2 Å². The number of nitrogens with one attached hydrogen (secondary N) is 1. The van der Waals surface area contributed by atoms with Crippen molar-refractivity contribution in [2.24, 2.45) is 14.1 Å². The fraction of sp³-hybridized carbons (Fsp3) is 0.250. The highest BCUT2D eigenvalue weighted by atomic mass is 32.2. The monoisotopic (exact) mass is 359 g/mol. The number of aryl methyl sites for hydroxylation is 2. The third-order valence-electron chi connectivity index (χ3n) is 3.88. The number of thioether (sulfide) groups is 1. The summed E-state index contributed by atoms with van der Waals surface area (Å²) in [7, 11) is 3.19. The topological polar surface area (TPSA) is 90.9 Å². The molecule has 2 heterocycles. The molecule has 0 aliphatic heterocycles. The van der Waals surface area contributed by atoms with E-state index >= 15 is 0 Å². The number of anilines is 1. The van der Waals surface area contributed by atoms with Gasteiger partial charge in [0.05, 0.1) is 12.0 Å². The van der Waals surface area contributed by atoms with Gasteiger partial charge in [-0.1, -0.05) is 12.1 Å². The Kier molecular flexibility index (Phi) is 4.49. The SMILES string of the molecule is CSc1ccccc1NC(=O)Cn1c(=O)c2c(ncn2C)n(C)c1=O. The summed E-state index contributed by atoms with van der Waals surface area (Å²) in [5.41, 5.74) is 0.101. The normalized spacial score (nSPS) is 11.0. The highest BCUT2D eigenvalue weighted by molar-refractivity contribution is 7.98. The molecule has 0 saturated heterocycles. The molecule has 9 heteroatoms. The van der Waals surface area contributed by atoms with Crippen molar-refractivity contribution in [2.45, 2.75) is 11.4 Å². The molecule has 0 unspecified atom stereocenters. The highest BCUT2D eigenvalue weighted by Crippen LogP contribution is 2.24. The molecule has 0 fully saturated rings. The summed E-state index contributed by atoms with van der Waals surface area (Å²) in [6, 6.07) is 7.34. The van der Waals surface area contributed by atoms with Gasteiger partial charge in [0.1, 0.15) is 6.54 Å². The van der Waals surface area contributed by atoms with E-state index in [2.05, 4.69) is 10.3 Å². The van der Waals surface area contributed by atoms with Crippen LogP contribution in [0, 0.1) is 0 Å². The largest absolute Gasteiger partial charge is 0.332 e. The number of rotatable bonds is 4. The third-order valence-corrected chi connectivity index (χ3v) is 4.68. The Hall–Kier alpha value is -2.81. The summed E-state index contributed by atoms with van der Waals surface area (Å²) in [5.74, 6) is -0.442. The van der Waals surface area contributed by atoms with Crippen molar-refractivity contribution in [1.29, 1.82) is 0 Å². The molecule has 130 valence electrons. The predicted octanol–water partition coefficient (Wildman–Crippen LogP) is 0.794. The number of hydrogen-bond donors (Lipinski definition) is 1. The molecule has 3 aromatic rings. The van der Waals surface area contributed by atoms with Gasteiger partial charge in [-0.15, -0.1) is 11.8 Å². The first-order valence-electron chi connectivity index (χ1n) is 7.47.